The normalized spacial score (nSPS) is 14.2. The van der Waals surface area contributed by atoms with Gasteiger partial charge in [-0.25, -0.2) is 0 Å². The van der Waals surface area contributed by atoms with Gasteiger partial charge in [-0.1, -0.05) is 61.0 Å². The van der Waals surface area contributed by atoms with E-state index in [9.17, 15) is 5.11 Å². The Labute approximate surface area is 109 Å². The van der Waals surface area contributed by atoms with Gasteiger partial charge in [0.1, 0.15) is 0 Å². The third-order valence-electron chi connectivity index (χ3n) is 3.55. The summed E-state index contributed by atoms with van der Waals surface area (Å²) in [6.45, 7) is 6.18. The zero-order chi connectivity index (χ0) is 13.1. The number of hydrogen-bond donors (Lipinski definition) is 1. The molecule has 2 aromatic rings. The van der Waals surface area contributed by atoms with E-state index in [2.05, 4.69) is 51.1 Å². The summed E-state index contributed by atoms with van der Waals surface area (Å²) in [7, 11) is 0. The van der Waals surface area contributed by atoms with Crippen molar-refractivity contribution in [2.75, 3.05) is 0 Å². The summed E-state index contributed by atoms with van der Waals surface area (Å²) in [6.07, 6.45) is -0.452. The molecule has 1 nitrogen and oxygen atoms in total. The van der Waals surface area contributed by atoms with E-state index in [1.165, 1.54) is 11.1 Å². The zero-order valence-electron chi connectivity index (χ0n) is 11.2. The van der Waals surface area contributed by atoms with E-state index in [0.29, 0.717) is 0 Å². The molecule has 2 unspecified atom stereocenters. The number of aryl methyl sites for hydroxylation is 2. The molecule has 0 saturated heterocycles. The Hall–Kier alpha value is -1.60. The summed E-state index contributed by atoms with van der Waals surface area (Å²) >= 11 is 0. The minimum Gasteiger partial charge on any atom is -0.388 e. The molecule has 2 aromatic carbocycles. The van der Waals surface area contributed by atoms with Crippen LogP contribution in [0.4, 0.5) is 0 Å². The molecule has 0 heterocycles. The molecule has 2 rings (SSSR count). The fourth-order valence-electron chi connectivity index (χ4n) is 2.29. The van der Waals surface area contributed by atoms with Gasteiger partial charge in [0, 0.05) is 5.92 Å². The highest BCUT2D eigenvalue weighted by Crippen LogP contribution is 2.32. The maximum atomic E-state index is 10.5. The molecule has 0 aromatic heterocycles. The third-order valence-corrected chi connectivity index (χ3v) is 3.55. The largest absolute Gasteiger partial charge is 0.388 e. The quantitative estimate of drug-likeness (QED) is 0.854. The summed E-state index contributed by atoms with van der Waals surface area (Å²) in [5.41, 5.74) is 4.54. The van der Waals surface area contributed by atoms with Crippen molar-refractivity contribution in [2.45, 2.75) is 32.8 Å². The maximum Gasteiger partial charge on any atom is 0.0858 e. The highest BCUT2D eigenvalue weighted by atomic mass is 16.3. The summed E-state index contributed by atoms with van der Waals surface area (Å²) in [4.78, 5) is 0. The van der Waals surface area contributed by atoms with Crippen molar-refractivity contribution in [2.24, 2.45) is 0 Å². The van der Waals surface area contributed by atoms with Gasteiger partial charge < -0.3 is 5.11 Å². The van der Waals surface area contributed by atoms with Gasteiger partial charge >= 0.3 is 0 Å². The van der Waals surface area contributed by atoms with Gasteiger partial charge in [0.25, 0.3) is 0 Å². The predicted molar refractivity (Wildman–Crippen MR) is 75.7 cm³/mol. The minimum atomic E-state index is -0.452. The lowest BCUT2D eigenvalue weighted by molar-refractivity contribution is 0.151. The fraction of sp³-hybridized carbons (Fsp3) is 0.294. The Morgan fingerprint density at radius 1 is 0.944 bits per heavy atom. The molecule has 94 valence electrons. The van der Waals surface area contributed by atoms with Crippen molar-refractivity contribution >= 4 is 0 Å². The number of hydrogen-bond acceptors (Lipinski definition) is 1. The molecule has 0 saturated carbocycles. The van der Waals surface area contributed by atoms with Crippen LogP contribution in [0.15, 0.2) is 48.5 Å². The van der Waals surface area contributed by atoms with Crippen LogP contribution in [-0.2, 0) is 0 Å². The molecule has 0 radical (unpaired) electrons. The summed E-state index contributed by atoms with van der Waals surface area (Å²) < 4.78 is 0. The Morgan fingerprint density at radius 3 is 2.28 bits per heavy atom. The van der Waals surface area contributed by atoms with Crippen LogP contribution in [-0.4, -0.2) is 5.11 Å². The van der Waals surface area contributed by atoms with Gasteiger partial charge in [-0.05, 0) is 30.5 Å². The summed E-state index contributed by atoms with van der Waals surface area (Å²) in [5, 5.41) is 10.5. The van der Waals surface area contributed by atoms with Gasteiger partial charge in [0.2, 0.25) is 0 Å². The Bertz CT molecular complexity index is 516. The highest BCUT2D eigenvalue weighted by molar-refractivity contribution is 5.34. The molecule has 0 spiro atoms. The van der Waals surface area contributed by atoms with Gasteiger partial charge in [0.05, 0.1) is 6.10 Å². The summed E-state index contributed by atoms with van der Waals surface area (Å²) in [5.74, 6) is 0.103. The first kappa shape index (κ1) is 12.8. The van der Waals surface area contributed by atoms with Gasteiger partial charge in [-0.15, -0.1) is 0 Å². The van der Waals surface area contributed by atoms with Crippen molar-refractivity contribution in [3.63, 3.8) is 0 Å². The highest BCUT2D eigenvalue weighted by Gasteiger charge is 2.19. The molecule has 0 bridgehead atoms. The fourth-order valence-corrected chi connectivity index (χ4v) is 2.29. The van der Waals surface area contributed by atoms with E-state index in [4.69, 9.17) is 0 Å². The van der Waals surface area contributed by atoms with Crippen molar-refractivity contribution in [3.05, 3.63) is 70.8 Å². The van der Waals surface area contributed by atoms with Crippen molar-refractivity contribution in [1.29, 1.82) is 0 Å². The molecule has 0 aliphatic rings. The molecular formula is C17H20O. The second-order valence-corrected chi connectivity index (χ2v) is 5.00. The average Bonchev–Trinajstić information content (AvgIpc) is 2.41. The van der Waals surface area contributed by atoms with Crippen LogP contribution in [0.2, 0.25) is 0 Å². The Kier molecular flexibility index (Phi) is 3.83. The second-order valence-electron chi connectivity index (χ2n) is 5.00. The SMILES string of the molecule is Cc1ccc(C)c(C(O)C(C)c2ccccc2)c1. The van der Waals surface area contributed by atoms with Gasteiger partial charge in [-0.2, -0.15) is 0 Å². The first-order valence-electron chi connectivity index (χ1n) is 6.39. The summed E-state index contributed by atoms with van der Waals surface area (Å²) in [6, 6.07) is 16.4. The number of aliphatic hydroxyl groups excluding tert-OH is 1. The average molecular weight is 240 g/mol. The van der Waals surface area contributed by atoms with Crippen LogP contribution in [0.3, 0.4) is 0 Å². The Balaban J connectivity index is 2.31. The molecule has 0 amide bonds. The van der Waals surface area contributed by atoms with E-state index < -0.39 is 6.10 Å². The van der Waals surface area contributed by atoms with Crippen molar-refractivity contribution < 1.29 is 5.11 Å². The second kappa shape index (κ2) is 5.36. The van der Waals surface area contributed by atoms with Crippen LogP contribution in [0.5, 0.6) is 0 Å². The first-order chi connectivity index (χ1) is 8.59. The standard InChI is InChI=1S/C17H20O/c1-12-9-10-13(2)16(11-12)17(18)14(3)15-7-5-4-6-8-15/h4-11,14,17-18H,1-3H3. The van der Waals surface area contributed by atoms with E-state index in [1.807, 2.05) is 18.2 Å². The molecule has 1 heteroatoms. The van der Waals surface area contributed by atoms with Crippen LogP contribution in [0.1, 0.15) is 41.2 Å². The molecule has 0 aliphatic carbocycles. The van der Waals surface area contributed by atoms with Crippen molar-refractivity contribution in [3.8, 4) is 0 Å². The Morgan fingerprint density at radius 2 is 1.61 bits per heavy atom. The van der Waals surface area contributed by atoms with Crippen LogP contribution in [0.25, 0.3) is 0 Å². The van der Waals surface area contributed by atoms with E-state index in [1.54, 1.807) is 0 Å². The number of rotatable bonds is 3. The molecule has 1 N–H and O–H groups in total. The van der Waals surface area contributed by atoms with E-state index in [0.717, 1.165) is 11.1 Å². The molecular weight excluding hydrogens is 220 g/mol. The van der Waals surface area contributed by atoms with Gasteiger partial charge in [0.15, 0.2) is 0 Å². The molecule has 2 atom stereocenters. The van der Waals surface area contributed by atoms with Crippen LogP contribution >= 0.6 is 0 Å². The van der Waals surface area contributed by atoms with Crippen LogP contribution < -0.4 is 0 Å². The molecule has 18 heavy (non-hydrogen) atoms. The number of aliphatic hydroxyl groups is 1. The first-order valence-corrected chi connectivity index (χ1v) is 6.39. The number of benzene rings is 2. The monoisotopic (exact) mass is 240 g/mol. The maximum absolute atomic E-state index is 10.5. The molecule has 0 aliphatic heterocycles. The van der Waals surface area contributed by atoms with Crippen molar-refractivity contribution in [1.82, 2.24) is 0 Å². The minimum absolute atomic E-state index is 0.103. The molecule has 0 fully saturated rings. The topological polar surface area (TPSA) is 20.2 Å². The van der Waals surface area contributed by atoms with E-state index in [-0.39, 0.29) is 5.92 Å². The third kappa shape index (κ3) is 2.62. The lowest BCUT2D eigenvalue weighted by Crippen LogP contribution is -2.09. The smallest absolute Gasteiger partial charge is 0.0858 e. The lowest BCUT2D eigenvalue weighted by Gasteiger charge is -2.21. The van der Waals surface area contributed by atoms with Crippen LogP contribution in [0, 0.1) is 13.8 Å². The lowest BCUT2D eigenvalue weighted by atomic mass is 9.88. The van der Waals surface area contributed by atoms with E-state index >= 15 is 0 Å². The predicted octanol–water partition coefficient (Wildman–Crippen LogP) is 4.14. The zero-order valence-corrected chi connectivity index (χ0v) is 11.2. The van der Waals surface area contributed by atoms with Gasteiger partial charge in [-0.3, -0.25) is 0 Å².